The lowest BCUT2D eigenvalue weighted by Crippen LogP contribution is -2.24. The van der Waals surface area contributed by atoms with E-state index in [4.69, 9.17) is 9.72 Å². The fraction of sp³-hybridized carbons (Fsp3) is 0.136. The van der Waals surface area contributed by atoms with Crippen LogP contribution in [0, 0.1) is 13.8 Å². The number of ether oxygens (including phenoxy) is 1. The summed E-state index contributed by atoms with van der Waals surface area (Å²) in [4.78, 5) is 4.83. The first kappa shape index (κ1) is 30.2. The molecule has 8 aromatic rings. The molecule has 1 aliphatic heterocycles. The van der Waals surface area contributed by atoms with Crippen molar-refractivity contribution in [3.63, 3.8) is 0 Å². The highest BCUT2D eigenvalue weighted by atomic mass is 16.5. The molecule has 0 atom stereocenters. The van der Waals surface area contributed by atoms with Gasteiger partial charge < -0.3 is 13.8 Å². The molecule has 0 saturated carbocycles. The molecule has 50 heavy (non-hydrogen) atoms. The molecule has 6 heteroatoms. The van der Waals surface area contributed by atoms with Crippen LogP contribution in [0.15, 0.2) is 134 Å². The number of rotatable bonds is 5. The van der Waals surface area contributed by atoms with Crippen molar-refractivity contribution in [3.05, 3.63) is 150 Å². The van der Waals surface area contributed by atoms with E-state index in [9.17, 15) is 0 Å². The lowest BCUT2D eigenvalue weighted by atomic mass is 9.64. The number of hydrogen-bond acceptors (Lipinski definition) is 2. The molecule has 5 nitrogen and oxygen atoms in total. The number of nitrogens with zero attached hydrogens (tertiary/aromatic N) is 4. The molecular formula is C44H37BN4O. The van der Waals surface area contributed by atoms with Crippen molar-refractivity contribution in [3.8, 4) is 17.3 Å². The quantitative estimate of drug-likeness (QED) is 0.106. The second-order valence-electron chi connectivity index (χ2n) is 14.4. The van der Waals surface area contributed by atoms with E-state index in [1.807, 2.05) is 18.3 Å². The van der Waals surface area contributed by atoms with Crippen LogP contribution < -0.4 is 4.74 Å². The molecule has 0 aliphatic carbocycles. The Morgan fingerprint density at radius 3 is 2.12 bits per heavy atom. The smallest absolute Gasteiger partial charge is 0.309 e. The summed E-state index contributed by atoms with van der Waals surface area (Å²) >= 11 is 0. The van der Waals surface area contributed by atoms with Gasteiger partial charge in [0.2, 0.25) is 0 Å². The number of aryl methyl sites for hydroxylation is 2. The maximum absolute atomic E-state index is 6.58. The Labute approximate surface area is 292 Å². The first-order valence-electron chi connectivity index (χ1n) is 17.3. The van der Waals surface area contributed by atoms with Gasteiger partial charge in [-0.2, -0.15) is 0 Å². The topological polar surface area (TPSA) is 35.0 Å². The third kappa shape index (κ3) is 4.86. The summed E-state index contributed by atoms with van der Waals surface area (Å²) < 4.78 is 13.4. The van der Waals surface area contributed by atoms with E-state index >= 15 is 0 Å². The van der Waals surface area contributed by atoms with Gasteiger partial charge in [-0.05, 0) is 84.5 Å². The molecule has 0 spiro atoms. The van der Waals surface area contributed by atoms with E-state index < -0.39 is 0 Å². The standard InChI is InChI=1S/C44H37BN4O/c1-29-11-8-16-37-38-17-9-12-30(2)43(38)49(42(29)37)45-22-24-47(28-45)32-13-10-14-33(26-32)50-34-19-20-36-35-15-6-7-18-39(35)48(40(36)27-34)41-25-31(21-23-46-41)44(3,4)5/h6-27H,1-5H3. The molecule has 0 unspecified atom stereocenters. The van der Waals surface area contributed by atoms with E-state index in [0.29, 0.717) is 0 Å². The normalized spacial score (nSPS) is 13.3. The van der Waals surface area contributed by atoms with Crippen molar-refractivity contribution < 1.29 is 9.31 Å². The number of para-hydroxylation sites is 3. The van der Waals surface area contributed by atoms with Crippen molar-refractivity contribution in [2.45, 2.75) is 40.0 Å². The zero-order chi connectivity index (χ0) is 34.1. The van der Waals surface area contributed by atoms with Gasteiger partial charge in [-0.3, -0.25) is 4.57 Å². The molecule has 0 saturated heterocycles. The fourth-order valence-electron chi connectivity index (χ4n) is 7.58. The first-order chi connectivity index (χ1) is 24.2. The highest BCUT2D eigenvalue weighted by Crippen LogP contribution is 2.37. The molecule has 0 radical (unpaired) electrons. The second kappa shape index (κ2) is 11.3. The molecule has 0 fully saturated rings. The van der Waals surface area contributed by atoms with Gasteiger partial charge in [-0.1, -0.05) is 87.4 Å². The molecule has 242 valence electrons. The van der Waals surface area contributed by atoms with Gasteiger partial charge in [0.1, 0.15) is 23.0 Å². The van der Waals surface area contributed by atoms with Crippen molar-refractivity contribution in [1.82, 2.24) is 14.0 Å². The molecular weight excluding hydrogens is 611 g/mol. The number of hydrogen-bond donors (Lipinski definition) is 0. The van der Waals surface area contributed by atoms with E-state index in [1.165, 1.54) is 43.9 Å². The van der Waals surface area contributed by atoms with E-state index in [-0.39, 0.29) is 12.3 Å². The van der Waals surface area contributed by atoms with E-state index in [0.717, 1.165) is 39.4 Å². The first-order valence-corrected chi connectivity index (χ1v) is 17.3. The lowest BCUT2D eigenvalue weighted by Gasteiger charge is -2.20. The average Bonchev–Trinajstić information content (AvgIpc) is 3.82. The maximum Gasteiger partial charge on any atom is 0.309 e. The van der Waals surface area contributed by atoms with Crippen molar-refractivity contribution >= 4 is 62.3 Å². The summed E-state index contributed by atoms with van der Waals surface area (Å²) in [5.41, 5.74) is 9.46. The number of aromatic nitrogens is 3. The van der Waals surface area contributed by atoms with Crippen LogP contribution in [0.25, 0.3) is 49.4 Å². The predicted octanol–water partition coefficient (Wildman–Crippen LogP) is 10.7. The summed E-state index contributed by atoms with van der Waals surface area (Å²) in [5, 5.41) is 4.91. The monoisotopic (exact) mass is 648 g/mol. The number of pyridine rings is 1. The van der Waals surface area contributed by atoms with Crippen LogP contribution in [0.5, 0.6) is 11.5 Å². The van der Waals surface area contributed by atoms with Gasteiger partial charge >= 0.3 is 6.85 Å². The Balaban J connectivity index is 1.08. The molecule has 3 aromatic heterocycles. The van der Waals surface area contributed by atoms with Crippen LogP contribution in [0.4, 0.5) is 5.69 Å². The van der Waals surface area contributed by atoms with Gasteiger partial charge in [0.15, 0.2) is 0 Å². The molecule has 5 aromatic carbocycles. The zero-order valence-electron chi connectivity index (χ0n) is 29.0. The zero-order valence-corrected chi connectivity index (χ0v) is 29.0. The lowest BCUT2D eigenvalue weighted by molar-refractivity contribution is -0.350. The van der Waals surface area contributed by atoms with Crippen LogP contribution in [0.3, 0.4) is 0 Å². The Morgan fingerprint density at radius 1 is 0.680 bits per heavy atom. The highest BCUT2D eigenvalue weighted by molar-refractivity contribution is 6.89. The second-order valence-corrected chi connectivity index (χ2v) is 14.4. The number of benzene rings is 5. The molecule has 4 heterocycles. The van der Waals surface area contributed by atoms with Crippen LogP contribution in [-0.2, 0) is 5.41 Å². The van der Waals surface area contributed by atoms with Crippen LogP contribution in [0.1, 0.15) is 37.5 Å². The fourth-order valence-corrected chi connectivity index (χ4v) is 7.58. The van der Waals surface area contributed by atoms with E-state index in [2.05, 4.69) is 170 Å². The molecule has 0 bridgehead atoms. The molecule has 0 N–H and O–H groups in total. The molecule has 0 amide bonds. The molecule has 1 aliphatic rings. The summed E-state index contributed by atoms with van der Waals surface area (Å²) in [6.45, 7) is 11.0. The number of fused-ring (bicyclic) bond motifs is 6. The largest absolute Gasteiger partial charge is 0.458 e. The minimum Gasteiger partial charge on any atom is -0.458 e. The van der Waals surface area contributed by atoms with Crippen molar-refractivity contribution in [2.24, 2.45) is 0 Å². The third-order valence-electron chi connectivity index (χ3n) is 10.0. The van der Waals surface area contributed by atoms with Crippen LogP contribution in [-0.4, -0.2) is 31.6 Å². The Kier molecular flexibility index (Phi) is 6.85. The SMILES string of the molecule is Cc1cccc2c3cccc(C)c3n(B3[C-]=[N+](c4cccc(Oc5ccc6c7ccccc7n(-c7cc(C(C)(C)C)ccn7)c6c5)c4)C=C3)c12. The molecule has 9 rings (SSSR count). The summed E-state index contributed by atoms with van der Waals surface area (Å²) in [7, 11) is 0. The van der Waals surface area contributed by atoms with Crippen LogP contribution >= 0.6 is 0 Å². The Morgan fingerprint density at radius 2 is 1.36 bits per heavy atom. The summed E-state index contributed by atoms with van der Waals surface area (Å²) in [6, 6.07) is 40.6. The third-order valence-corrected chi connectivity index (χ3v) is 10.0. The van der Waals surface area contributed by atoms with Gasteiger partial charge in [0, 0.05) is 44.8 Å². The summed E-state index contributed by atoms with van der Waals surface area (Å²) in [6.07, 6.45) is 7.76. The minimum absolute atomic E-state index is 0.0104. The minimum atomic E-state index is -0.0449. The average molecular weight is 649 g/mol. The van der Waals surface area contributed by atoms with Gasteiger partial charge in [0.25, 0.3) is 0 Å². The summed E-state index contributed by atoms with van der Waals surface area (Å²) in [5.74, 6) is 4.66. The highest BCUT2D eigenvalue weighted by Gasteiger charge is 2.25. The van der Waals surface area contributed by atoms with Crippen LogP contribution in [0.2, 0.25) is 0 Å². The van der Waals surface area contributed by atoms with Gasteiger partial charge in [0.05, 0.1) is 23.3 Å². The van der Waals surface area contributed by atoms with Crippen molar-refractivity contribution in [2.75, 3.05) is 0 Å². The Bertz CT molecular complexity index is 2650. The maximum atomic E-state index is 6.58. The van der Waals surface area contributed by atoms with Gasteiger partial charge in [-0.25, -0.2) is 4.98 Å². The van der Waals surface area contributed by atoms with Crippen molar-refractivity contribution in [1.29, 1.82) is 0 Å². The van der Waals surface area contributed by atoms with E-state index in [1.54, 1.807) is 0 Å². The predicted molar refractivity (Wildman–Crippen MR) is 208 cm³/mol. The Hall–Kier alpha value is -5.88. The van der Waals surface area contributed by atoms with Gasteiger partial charge in [-0.15, -0.1) is 0 Å².